The van der Waals surface area contributed by atoms with Crippen LogP contribution < -0.4 is 5.32 Å². The van der Waals surface area contributed by atoms with Gasteiger partial charge in [0.25, 0.3) is 0 Å². The number of hydrogen-bond donors (Lipinski definition) is 1. The zero-order chi connectivity index (χ0) is 9.26. The third-order valence-corrected chi connectivity index (χ3v) is 2.56. The first-order valence-electron chi connectivity index (χ1n) is 4.59. The van der Waals surface area contributed by atoms with Gasteiger partial charge in [0.05, 0.1) is 12.0 Å². The molecule has 1 amide bonds. The molecule has 1 fully saturated rings. The van der Waals surface area contributed by atoms with E-state index in [9.17, 15) is 4.79 Å². The highest BCUT2D eigenvalue weighted by Gasteiger charge is 2.37. The van der Waals surface area contributed by atoms with E-state index in [1.165, 1.54) is 5.57 Å². The van der Waals surface area contributed by atoms with Crippen molar-refractivity contribution in [1.29, 1.82) is 0 Å². The first-order chi connectivity index (χ1) is 6.29. The number of hydrogen-bond acceptors (Lipinski definition) is 1. The molecular formula is C11H13NO. The van der Waals surface area contributed by atoms with E-state index in [1.54, 1.807) is 0 Å². The molecule has 0 saturated carbocycles. The van der Waals surface area contributed by atoms with Gasteiger partial charge in [0, 0.05) is 0 Å². The highest BCUT2D eigenvalue weighted by atomic mass is 16.2. The predicted octanol–water partition coefficient (Wildman–Crippen LogP) is 1.56. The molecule has 0 bridgehead atoms. The molecule has 1 saturated heterocycles. The van der Waals surface area contributed by atoms with Crippen molar-refractivity contribution in [3.63, 3.8) is 0 Å². The Morgan fingerprint density at radius 3 is 3.08 bits per heavy atom. The summed E-state index contributed by atoms with van der Waals surface area (Å²) in [5.41, 5.74) is 1.23. The molecule has 0 spiro atoms. The van der Waals surface area contributed by atoms with Crippen molar-refractivity contribution < 1.29 is 4.79 Å². The second-order valence-electron chi connectivity index (χ2n) is 3.51. The number of allylic oxidation sites excluding steroid dienone is 4. The third kappa shape index (κ3) is 1.44. The molecule has 13 heavy (non-hydrogen) atoms. The van der Waals surface area contributed by atoms with Crippen LogP contribution in [0.4, 0.5) is 0 Å². The third-order valence-electron chi connectivity index (χ3n) is 2.56. The quantitative estimate of drug-likeness (QED) is 0.439. The number of nitrogens with one attached hydrogen (secondary N) is 1. The monoisotopic (exact) mass is 175 g/mol. The zero-order valence-electron chi connectivity index (χ0n) is 7.66. The van der Waals surface area contributed by atoms with E-state index in [2.05, 4.69) is 30.5 Å². The summed E-state index contributed by atoms with van der Waals surface area (Å²) in [5, 5.41) is 2.90. The minimum absolute atomic E-state index is 0.0659. The smallest absolute Gasteiger partial charge is 0.229 e. The average Bonchev–Trinajstić information content (AvgIpc) is 2.17. The van der Waals surface area contributed by atoms with E-state index in [0.29, 0.717) is 0 Å². The average molecular weight is 175 g/mol. The Kier molecular flexibility index (Phi) is 2.05. The second kappa shape index (κ2) is 3.21. The summed E-state index contributed by atoms with van der Waals surface area (Å²) in [5.74, 6) is 0.215. The maximum absolute atomic E-state index is 11.2. The van der Waals surface area contributed by atoms with Gasteiger partial charge in [-0.05, 0) is 13.3 Å². The van der Waals surface area contributed by atoms with Gasteiger partial charge in [-0.3, -0.25) is 4.79 Å². The predicted molar refractivity (Wildman–Crippen MR) is 52.1 cm³/mol. The number of carbonyl (C=O) groups is 1. The van der Waals surface area contributed by atoms with E-state index < -0.39 is 0 Å². The Morgan fingerprint density at radius 1 is 1.46 bits per heavy atom. The van der Waals surface area contributed by atoms with Crippen LogP contribution in [0.2, 0.25) is 0 Å². The number of fused-ring (bicyclic) bond motifs is 1. The van der Waals surface area contributed by atoms with Crippen molar-refractivity contribution in [1.82, 2.24) is 5.32 Å². The van der Waals surface area contributed by atoms with Crippen molar-refractivity contribution >= 4 is 5.91 Å². The molecule has 0 aromatic heterocycles. The molecule has 2 heteroatoms. The first-order valence-corrected chi connectivity index (χ1v) is 4.59. The number of carbonyl (C=O) groups excluding carboxylic acids is 1. The molecule has 2 atom stereocenters. The normalized spacial score (nSPS) is 40.7. The molecule has 1 aliphatic carbocycles. The van der Waals surface area contributed by atoms with Crippen LogP contribution in [0.15, 0.2) is 36.0 Å². The molecule has 2 nitrogen and oxygen atoms in total. The molecule has 1 heterocycles. The van der Waals surface area contributed by atoms with E-state index in [4.69, 9.17) is 0 Å². The van der Waals surface area contributed by atoms with Gasteiger partial charge in [0.2, 0.25) is 5.91 Å². The standard InChI is InChI=1S/C11H13NO/c1-8-6-4-2-3-5-7-9-10(8)12-11(9)13/h2,4-7,9-10H,3H2,1H3,(H,12,13)/b4-2-,7-5-,8-6-/t9-,10-/m0/s1. The van der Waals surface area contributed by atoms with Crippen LogP contribution in [0.1, 0.15) is 13.3 Å². The topological polar surface area (TPSA) is 29.1 Å². The maximum Gasteiger partial charge on any atom is 0.229 e. The summed E-state index contributed by atoms with van der Waals surface area (Å²) >= 11 is 0. The lowest BCUT2D eigenvalue weighted by Crippen LogP contribution is -2.57. The van der Waals surface area contributed by atoms with Crippen LogP contribution >= 0.6 is 0 Å². The fraction of sp³-hybridized carbons (Fsp3) is 0.364. The largest absolute Gasteiger partial charge is 0.348 e. The van der Waals surface area contributed by atoms with Gasteiger partial charge in [0.15, 0.2) is 0 Å². The Labute approximate surface area is 78.0 Å². The van der Waals surface area contributed by atoms with Crippen molar-refractivity contribution in [2.75, 3.05) is 0 Å². The van der Waals surface area contributed by atoms with E-state index in [0.717, 1.165) is 6.42 Å². The summed E-state index contributed by atoms with van der Waals surface area (Å²) in [6, 6.07) is 0.228. The Balaban J connectivity index is 2.24. The van der Waals surface area contributed by atoms with E-state index in [1.807, 2.05) is 12.2 Å². The molecule has 1 aliphatic heterocycles. The number of rotatable bonds is 0. The zero-order valence-corrected chi connectivity index (χ0v) is 7.66. The van der Waals surface area contributed by atoms with Crippen molar-refractivity contribution in [2.45, 2.75) is 19.4 Å². The number of amides is 1. The van der Waals surface area contributed by atoms with Gasteiger partial charge >= 0.3 is 0 Å². The lowest BCUT2D eigenvalue weighted by molar-refractivity contribution is -0.131. The van der Waals surface area contributed by atoms with Crippen LogP contribution in [0, 0.1) is 5.92 Å². The fourth-order valence-electron chi connectivity index (χ4n) is 1.70. The number of β-lactam (4-membered cyclic amide) rings is 1. The van der Waals surface area contributed by atoms with Crippen LogP contribution in [-0.4, -0.2) is 11.9 Å². The molecule has 2 aliphatic rings. The molecule has 68 valence electrons. The van der Waals surface area contributed by atoms with Crippen molar-refractivity contribution in [3.05, 3.63) is 36.0 Å². The summed E-state index contributed by atoms with van der Waals surface area (Å²) in [6.07, 6.45) is 11.2. The minimum atomic E-state index is 0.0659. The van der Waals surface area contributed by atoms with Gasteiger partial charge in [-0.15, -0.1) is 0 Å². The highest BCUT2D eigenvalue weighted by Crippen LogP contribution is 2.24. The van der Waals surface area contributed by atoms with E-state index >= 15 is 0 Å². The second-order valence-corrected chi connectivity index (χ2v) is 3.51. The van der Waals surface area contributed by atoms with E-state index in [-0.39, 0.29) is 17.9 Å². The molecule has 0 aromatic carbocycles. The van der Waals surface area contributed by atoms with Crippen LogP contribution in [0.3, 0.4) is 0 Å². The van der Waals surface area contributed by atoms with Gasteiger partial charge in [0.1, 0.15) is 0 Å². The summed E-state index contributed by atoms with van der Waals surface area (Å²) in [6.45, 7) is 2.06. The molecule has 0 aromatic rings. The maximum atomic E-state index is 11.2. The summed E-state index contributed by atoms with van der Waals surface area (Å²) < 4.78 is 0. The Bertz CT molecular complexity index is 312. The highest BCUT2D eigenvalue weighted by molar-refractivity contribution is 5.88. The van der Waals surface area contributed by atoms with Gasteiger partial charge in [-0.2, -0.15) is 0 Å². The molecule has 2 rings (SSSR count). The molecular weight excluding hydrogens is 162 g/mol. The Hall–Kier alpha value is -1.31. The van der Waals surface area contributed by atoms with Crippen LogP contribution in [0.25, 0.3) is 0 Å². The Morgan fingerprint density at radius 2 is 2.31 bits per heavy atom. The van der Waals surface area contributed by atoms with Gasteiger partial charge in [-0.1, -0.05) is 36.0 Å². The van der Waals surface area contributed by atoms with Crippen LogP contribution in [0.5, 0.6) is 0 Å². The minimum Gasteiger partial charge on any atom is -0.348 e. The lowest BCUT2D eigenvalue weighted by Gasteiger charge is -2.35. The molecule has 1 N–H and O–H groups in total. The van der Waals surface area contributed by atoms with Gasteiger partial charge in [-0.25, -0.2) is 0 Å². The van der Waals surface area contributed by atoms with Crippen molar-refractivity contribution in [3.8, 4) is 0 Å². The first kappa shape index (κ1) is 8.30. The van der Waals surface area contributed by atoms with Crippen molar-refractivity contribution in [2.24, 2.45) is 5.92 Å². The SMILES string of the molecule is C/C1=C/C=C\C/C=C\[C@@H]2C(=O)N[C@@H]12. The fourth-order valence-corrected chi connectivity index (χ4v) is 1.70. The molecule has 0 radical (unpaired) electrons. The summed E-state index contributed by atoms with van der Waals surface area (Å²) in [4.78, 5) is 11.2. The lowest BCUT2D eigenvalue weighted by atomic mass is 9.85. The molecule has 0 unspecified atom stereocenters. The summed E-state index contributed by atoms with van der Waals surface area (Å²) in [7, 11) is 0. The van der Waals surface area contributed by atoms with Crippen LogP contribution in [-0.2, 0) is 4.79 Å². The van der Waals surface area contributed by atoms with Gasteiger partial charge < -0.3 is 5.32 Å².